The molecule has 0 fully saturated rings. The van der Waals surface area contributed by atoms with Crippen LogP contribution in [-0.2, 0) is 95.8 Å². The molecule has 0 unspecified atom stereocenters. The van der Waals surface area contributed by atoms with Gasteiger partial charge in [0.1, 0.15) is 118 Å². The Morgan fingerprint density at radius 2 is 0.728 bits per heavy atom. The van der Waals surface area contributed by atoms with Crippen molar-refractivity contribution in [1.29, 1.82) is 0 Å². The molecule has 147 heavy (non-hydrogen) atoms. The number of thioether (sulfide) groups is 6. The van der Waals surface area contributed by atoms with E-state index in [4.69, 9.17) is 47.4 Å². The van der Waals surface area contributed by atoms with E-state index in [-0.39, 0.29) is 78.1 Å². The number of aromatic hydroxyl groups is 1. The Kier molecular flexibility index (Phi) is 38.4. The molecule has 1 amide bonds. The second-order valence-electron chi connectivity index (χ2n) is 32.4. The Balaban J connectivity index is 0.000000133. The average molecular weight is 2300 g/mol. The molecule has 0 radical (unpaired) electrons. The SMILES string of the molecule is COC(=O)[C@@H]1CSC(c2nc3ccc(O)cc3s2)=N1.COC(=O)[C@H]1CSC(c2ccc3cc(OC)ccc3n2)=N1.COC(=O)[C@H]1CSC(c2nc3ccc(NC(=O)OCC(C)C)cc3s2)=N1.COC(=O)[C@H]1CSC(c2nc3ccc(OCc4ccc[n+](C)c4)cc3s2)=N1.COC(=O)[C@H]1CSC(c2nc3ccc(OCc4ccncc4)cc3s2)=N1.COc1ccc2nc(C3=N[C@@H](C(=O)OCc4ccc[n+](C)c4)CS3)sc2c1.[I-]. The van der Waals surface area contributed by atoms with Gasteiger partial charge in [-0.1, -0.05) is 19.9 Å². The number of benzene rings is 6. The van der Waals surface area contributed by atoms with Crippen LogP contribution >= 0.6 is 127 Å². The molecule has 9 aromatic heterocycles. The van der Waals surface area contributed by atoms with Crippen LogP contribution in [0.15, 0.2) is 225 Å². The van der Waals surface area contributed by atoms with Crippen LogP contribution in [0.4, 0.5) is 10.5 Å². The maximum Gasteiger partial charge on any atom is 0.411 e. The number of amides is 1. The molecule has 15 aromatic rings. The summed E-state index contributed by atoms with van der Waals surface area (Å²) in [7, 11) is 14.1. The number of nitrogens with one attached hydrogen (secondary N) is 1. The lowest BCUT2D eigenvalue weighted by Gasteiger charge is -2.08. The van der Waals surface area contributed by atoms with Gasteiger partial charge in [-0.25, -0.2) is 72.6 Å². The van der Waals surface area contributed by atoms with Gasteiger partial charge < -0.3 is 81.2 Å². The lowest BCUT2D eigenvalue weighted by Crippen LogP contribution is -3.00. The summed E-state index contributed by atoms with van der Waals surface area (Å²) in [5.74, 6) is 5.36. The molecule has 760 valence electrons. The van der Waals surface area contributed by atoms with Crippen molar-refractivity contribution < 1.29 is 124 Å². The number of phenolic OH excluding ortho intramolecular Hbond substituents is 1. The van der Waals surface area contributed by atoms with E-state index >= 15 is 0 Å². The monoisotopic (exact) mass is 2300 g/mol. The number of phenols is 1. The van der Waals surface area contributed by atoms with Crippen molar-refractivity contribution in [1.82, 2.24) is 34.9 Å². The van der Waals surface area contributed by atoms with Crippen molar-refractivity contribution in [3.05, 3.63) is 242 Å². The van der Waals surface area contributed by atoms with Gasteiger partial charge in [-0.15, -0.1) is 127 Å². The number of halogens is 1. The van der Waals surface area contributed by atoms with Gasteiger partial charge in [0.05, 0.1) is 130 Å². The van der Waals surface area contributed by atoms with E-state index in [2.05, 4.69) is 74.9 Å². The fourth-order valence-electron chi connectivity index (χ4n) is 14.0. The molecule has 0 saturated carbocycles. The highest BCUT2D eigenvalue weighted by Crippen LogP contribution is 2.40. The molecular weight excluding hydrogens is 2210 g/mol. The number of carbonyl (C=O) groups excluding carboxylic acids is 7. The maximum absolute atomic E-state index is 12.4. The number of aliphatic imine (C=N–C) groups is 6. The highest BCUT2D eigenvalue weighted by molar-refractivity contribution is 8.16. The smallest absolute Gasteiger partial charge is 0.411 e. The average Bonchev–Trinajstić information content (AvgIpc) is 1.73. The van der Waals surface area contributed by atoms with E-state index in [1.165, 1.54) is 117 Å². The molecular formula is C100H94IN16O19S11+. The largest absolute Gasteiger partial charge is 1.00 e. The highest BCUT2D eigenvalue weighted by Gasteiger charge is 2.35. The number of hydrogen-bond donors (Lipinski definition) is 2. The summed E-state index contributed by atoms with van der Waals surface area (Å²) in [5.41, 5.74) is 9.76. The first kappa shape index (κ1) is 109. The second-order valence-corrected chi connectivity index (χ2v) is 43.6. The van der Waals surface area contributed by atoms with Gasteiger partial charge in [-0.3, -0.25) is 40.3 Å². The lowest BCUT2D eigenvalue weighted by atomic mass is 10.2. The number of thiazole rings is 5. The Bertz CT molecular complexity index is 7570. The van der Waals surface area contributed by atoms with Crippen molar-refractivity contribution in [3.8, 4) is 28.7 Å². The van der Waals surface area contributed by atoms with Gasteiger partial charge in [-0.2, -0.15) is 0 Å². The predicted molar refractivity (Wildman–Crippen MR) is 579 cm³/mol. The minimum absolute atomic E-state index is 0. The summed E-state index contributed by atoms with van der Waals surface area (Å²) in [6.07, 6.45) is 10.9. The minimum Gasteiger partial charge on any atom is -1.00 e. The molecule has 6 aromatic carbocycles. The number of pyridine rings is 4. The molecule has 2 N–H and O–H groups in total. The number of hydrogen-bond acceptors (Lipinski definition) is 43. The summed E-state index contributed by atoms with van der Waals surface area (Å²) in [6.45, 7) is 5.58. The number of carbonyl (C=O) groups is 7. The number of rotatable bonds is 25. The third kappa shape index (κ3) is 29.0. The zero-order valence-corrected chi connectivity index (χ0v) is 91.6. The van der Waals surface area contributed by atoms with Gasteiger partial charge >= 0.3 is 41.9 Å². The maximum atomic E-state index is 12.4. The highest BCUT2D eigenvalue weighted by atomic mass is 127. The van der Waals surface area contributed by atoms with Crippen molar-refractivity contribution in [3.63, 3.8) is 0 Å². The van der Waals surface area contributed by atoms with E-state index < -0.39 is 42.3 Å². The Labute approximate surface area is 905 Å². The molecule has 0 aliphatic carbocycles. The molecule has 47 heteroatoms. The molecule has 6 aliphatic heterocycles. The number of methoxy groups -OCH3 is 7. The zero-order chi connectivity index (χ0) is 102. The molecule has 15 heterocycles. The molecule has 0 bridgehead atoms. The Hall–Kier alpha value is -12.4. The van der Waals surface area contributed by atoms with Crippen LogP contribution in [0.25, 0.3) is 62.0 Å². The van der Waals surface area contributed by atoms with Crippen LogP contribution in [-0.4, -0.2) is 239 Å². The number of aromatic nitrogens is 9. The minimum atomic E-state index is -0.482. The molecule has 21 rings (SSSR count). The first-order valence-electron chi connectivity index (χ1n) is 44.8. The van der Waals surface area contributed by atoms with Crippen molar-refractivity contribution >= 4 is 267 Å². The van der Waals surface area contributed by atoms with Gasteiger partial charge in [0, 0.05) is 70.1 Å². The van der Waals surface area contributed by atoms with Gasteiger partial charge in [0.15, 0.2) is 61.0 Å². The molecule has 0 spiro atoms. The summed E-state index contributed by atoms with van der Waals surface area (Å²) >= 11 is 16.7. The quantitative estimate of drug-likeness (QED) is 0.0232. The Morgan fingerprint density at radius 1 is 0.374 bits per heavy atom. The summed E-state index contributed by atoms with van der Waals surface area (Å²) < 4.78 is 65.3. The summed E-state index contributed by atoms with van der Waals surface area (Å²) in [4.78, 5) is 140. The number of anilines is 1. The standard InChI is InChI=1S/2C19H18N3O3S2.C18H15N3O3S2.C17H19N3O4S2.C15H14N2O3S.C12H10N2O3S2.HI/c1-22-7-3-4-12(9-22)10-25-13-5-6-14-16(8-13)27-18(20-14)17-21-15(11-26-17)19(23)24-2;1-22-7-3-4-12(9-22)10-25-19(23)15-11-26-17(21-15)18-20-14-6-5-13(24-2)8-16(14)27-18;1-23-18(22)14-10-25-16(21-14)17-20-13-3-2-12(8-15(13)26-17)24-9-11-4-6-19-7-5-11;1-9(2)7-24-17(22)18-10-4-5-11-13(6-10)26-15(19-11)14-20-12(8-25-14)16(21)23-3;1-19-10-4-6-11-9(7-10)3-5-12(16-11)14-17-13(8-21-14)15(18)20-2;1-17-12(16)8-5-18-10(14-8)11-13-7-3-2-6(15)4-9(7)19-11;/h2*3-9,15H,10-11H2,1-2H3;2-8,14H,9-10H2,1H3;4-6,9,12H,7-8H2,1-3H3,(H,18,22);3-7,13H,8H2,1-2H3;2-4,8,15H,5H2,1H3;1H/q2*+1;;;;;/p-1/t2*15-;14-;12-;13-;8-;/m111110./s1. The van der Waals surface area contributed by atoms with Crippen molar-refractivity contribution in [2.75, 3.05) is 96.2 Å². The van der Waals surface area contributed by atoms with Crippen LogP contribution in [0.3, 0.4) is 0 Å². The summed E-state index contributed by atoms with van der Waals surface area (Å²) in [5, 5.41) is 21.8. The fourth-order valence-corrected chi connectivity index (χ4v) is 25.5. The first-order chi connectivity index (χ1) is 70.8. The number of esters is 6. The van der Waals surface area contributed by atoms with Gasteiger partial charge in [0.2, 0.25) is 0 Å². The van der Waals surface area contributed by atoms with Crippen LogP contribution in [0.2, 0.25) is 0 Å². The fraction of sp³-hybridized carbons (Fsp3) is 0.280. The van der Waals surface area contributed by atoms with Crippen LogP contribution in [0.5, 0.6) is 28.7 Å². The molecule has 0 saturated heterocycles. The number of nitrogens with zero attached hydrogens (tertiary/aromatic N) is 15. The first-order valence-corrected chi connectivity index (χ1v) is 54.8. The molecule has 35 nitrogen and oxygen atoms in total. The molecule has 6 atom stereocenters. The molecule has 6 aliphatic rings. The van der Waals surface area contributed by atoms with Crippen LogP contribution < -0.4 is 57.4 Å². The number of ether oxygens (including phenoxy) is 11. The Morgan fingerprint density at radius 3 is 1.14 bits per heavy atom. The normalized spacial score (nSPS) is 16.8. The lowest BCUT2D eigenvalue weighted by molar-refractivity contribution is -0.672. The number of fused-ring (bicyclic) bond motifs is 6. The van der Waals surface area contributed by atoms with E-state index in [9.17, 15) is 38.7 Å². The van der Waals surface area contributed by atoms with Gasteiger partial charge in [-0.05, 0) is 151 Å². The second kappa shape index (κ2) is 52.0. The van der Waals surface area contributed by atoms with E-state index in [1.807, 2.05) is 195 Å². The van der Waals surface area contributed by atoms with Crippen LogP contribution in [0.1, 0.15) is 61.3 Å². The van der Waals surface area contributed by atoms with E-state index in [1.54, 1.807) is 96.7 Å². The number of aryl methyl sites for hydroxylation is 2. The van der Waals surface area contributed by atoms with Crippen molar-refractivity contribution in [2.45, 2.75) is 69.9 Å². The topological polar surface area (TPSA) is 425 Å². The summed E-state index contributed by atoms with van der Waals surface area (Å²) in [6, 6.07) is 46.7. The third-order valence-corrected chi connectivity index (χ3v) is 33.5. The van der Waals surface area contributed by atoms with Crippen LogP contribution in [0, 0.1) is 5.92 Å². The predicted octanol–water partition coefficient (Wildman–Crippen LogP) is 13.6. The van der Waals surface area contributed by atoms with E-state index in [0.29, 0.717) is 60.0 Å². The third-order valence-electron chi connectivity index (χ3n) is 21.4. The van der Waals surface area contributed by atoms with Crippen molar-refractivity contribution in [2.24, 2.45) is 50.0 Å². The van der Waals surface area contributed by atoms with Gasteiger partial charge in [0.25, 0.3) is 0 Å². The zero-order valence-electron chi connectivity index (χ0n) is 80.5. The van der Waals surface area contributed by atoms with E-state index in [0.717, 1.165) is 163 Å².